The van der Waals surface area contributed by atoms with Gasteiger partial charge in [-0.3, -0.25) is 4.79 Å². The summed E-state index contributed by atoms with van der Waals surface area (Å²) < 4.78 is 5.87. The number of ketones is 1. The summed E-state index contributed by atoms with van der Waals surface area (Å²) in [6.45, 7) is 4.65. The van der Waals surface area contributed by atoms with Crippen LogP contribution in [0.2, 0.25) is 0 Å². The SMILES string of the molecule is CCCCC(=O)c1c(N(C)CC)oc(C=C2C=Nc3ncccc32)c1O. The number of rotatable bonds is 7. The summed E-state index contributed by atoms with van der Waals surface area (Å²) in [4.78, 5) is 22.9. The molecule has 0 spiro atoms. The normalized spacial score (nSPS) is 14.0. The molecule has 1 N–H and O–H groups in total. The predicted octanol–water partition coefficient (Wildman–Crippen LogP) is 4.47. The van der Waals surface area contributed by atoms with Crippen LogP contribution in [0.1, 0.15) is 54.8 Å². The fourth-order valence-corrected chi connectivity index (χ4v) is 2.83. The van der Waals surface area contributed by atoms with E-state index in [0.717, 1.165) is 24.0 Å². The summed E-state index contributed by atoms with van der Waals surface area (Å²) in [5, 5.41) is 10.7. The number of fused-ring (bicyclic) bond motifs is 1. The van der Waals surface area contributed by atoms with E-state index >= 15 is 0 Å². The molecule has 0 aromatic carbocycles. The van der Waals surface area contributed by atoms with E-state index in [1.54, 1.807) is 18.5 Å². The fraction of sp³-hybridized carbons (Fsp3) is 0.350. The van der Waals surface area contributed by atoms with Crippen LogP contribution in [0.4, 0.5) is 11.7 Å². The van der Waals surface area contributed by atoms with Gasteiger partial charge in [-0.25, -0.2) is 9.98 Å². The fourth-order valence-electron chi connectivity index (χ4n) is 2.83. The van der Waals surface area contributed by atoms with Gasteiger partial charge >= 0.3 is 0 Å². The average molecular weight is 353 g/mol. The number of aliphatic imine (C=N–C) groups is 1. The maximum Gasteiger partial charge on any atom is 0.210 e. The molecule has 3 rings (SSSR count). The monoisotopic (exact) mass is 353 g/mol. The Balaban J connectivity index is 2.04. The van der Waals surface area contributed by atoms with Crippen molar-refractivity contribution in [3.8, 4) is 5.75 Å². The molecule has 0 radical (unpaired) electrons. The van der Waals surface area contributed by atoms with Crippen LogP contribution in [0.15, 0.2) is 27.7 Å². The smallest absolute Gasteiger partial charge is 0.210 e. The van der Waals surface area contributed by atoms with Crippen LogP contribution in [-0.4, -0.2) is 35.7 Å². The Hall–Kier alpha value is -2.89. The number of carbonyl (C=O) groups is 1. The minimum atomic E-state index is -0.111. The quantitative estimate of drug-likeness (QED) is 0.743. The molecular formula is C20H23N3O3. The third-order valence-corrected chi connectivity index (χ3v) is 4.46. The number of aromatic hydroxyl groups is 1. The topological polar surface area (TPSA) is 78.9 Å². The first-order valence-electron chi connectivity index (χ1n) is 8.88. The Morgan fingerprint density at radius 2 is 2.19 bits per heavy atom. The van der Waals surface area contributed by atoms with Crippen LogP contribution in [0.3, 0.4) is 0 Å². The highest BCUT2D eigenvalue weighted by molar-refractivity contribution is 6.21. The first-order valence-corrected chi connectivity index (χ1v) is 8.88. The third-order valence-electron chi connectivity index (χ3n) is 4.46. The van der Waals surface area contributed by atoms with Crippen molar-refractivity contribution in [2.24, 2.45) is 4.99 Å². The molecule has 0 bridgehead atoms. The maximum absolute atomic E-state index is 12.6. The zero-order valence-electron chi connectivity index (χ0n) is 15.3. The molecule has 0 unspecified atom stereocenters. The highest BCUT2D eigenvalue weighted by atomic mass is 16.4. The van der Waals surface area contributed by atoms with Gasteiger partial charge in [0, 0.05) is 43.6 Å². The zero-order chi connectivity index (χ0) is 18.7. The van der Waals surface area contributed by atoms with E-state index < -0.39 is 0 Å². The van der Waals surface area contributed by atoms with Crippen molar-refractivity contribution in [3.63, 3.8) is 0 Å². The molecular weight excluding hydrogens is 330 g/mol. The number of allylic oxidation sites excluding steroid dienone is 1. The molecule has 0 aliphatic carbocycles. The number of hydrogen-bond donors (Lipinski definition) is 1. The molecule has 1 aliphatic rings. The van der Waals surface area contributed by atoms with Gasteiger partial charge in [0.2, 0.25) is 5.88 Å². The molecule has 3 heterocycles. The Labute approximate surface area is 152 Å². The van der Waals surface area contributed by atoms with E-state index in [0.29, 0.717) is 24.7 Å². The molecule has 6 nitrogen and oxygen atoms in total. The molecule has 0 atom stereocenters. The summed E-state index contributed by atoms with van der Waals surface area (Å²) in [6.07, 6.45) is 7.15. The molecule has 0 amide bonds. The predicted molar refractivity (Wildman–Crippen MR) is 103 cm³/mol. The first-order chi connectivity index (χ1) is 12.6. The van der Waals surface area contributed by atoms with E-state index in [-0.39, 0.29) is 22.9 Å². The van der Waals surface area contributed by atoms with Crippen molar-refractivity contribution in [2.45, 2.75) is 33.1 Å². The Morgan fingerprint density at radius 3 is 2.92 bits per heavy atom. The number of carbonyl (C=O) groups excluding carboxylic acids is 1. The van der Waals surface area contributed by atoms with E-state index in [1.807, 2.05) is 37.9 Å². The summed E-state index contributed by atoms with van der Waals surface area (Å²) in [7, 11) is 1.84. The van der Waals surface area contributed by atoms with Gasteiger partial charge in [0.1, 0.15) is 5.56 Å². The van der Waals surface area contributed by atoms with E-state index in [4.69, 9.17) is 4.42 Å². The first kappa shape index (κ1) is 17.9. The van der Waals surface area contributed by atoms with Crippen molar-refractivity contribution in [1.29, 1.82) is 0 Å². The second-order valence-electron chi connectivity index (χ2n) is 6.27. The van der Waals surface area contributed by atoms with Crippen molar-refractivity contribution in [2.75, 3.05) is 18.5 Å². The lowest BCUT2D eigenvalue weighted by Crippen LogP contribution is -2.17. The minimum Gasteiger partial charge on any atom is -0.504 e. The minimum absolute atomic E-state index is 0.102. The lowest BCUT2D eigenvalue weighted by atomic mass is 10.0. The number of unbranched alkanes of at least 4 members (excludes halogenated alkanes) is 1. The molecule has 2 aromatic heterocycles. The average Bonchev–Trinajstić information content (AvgIpc) is 3.21. The van der Waals surface area contributed by atoms with Crippen LogP contribution in [-0.2, 0) is 0 Å². The van der Waals surface area contributed by atoms with Gasteiger partial charge < -0.3 is 14.4 Å². The summed E-state index contributed by atoms with van der Waals surface area (Å²) in [5.41, 5.74) is 1.92. The third kappa shape index (κ3) is 3.27. The molecule has 0 saturated heterocycles. The Bertz CT molecular complexity index is 880. The van der Waals surface area contributed by atoms with Gasteiger partial charge in [0.25, 0.3) is 0 Å². The Morgan fingerprint density at radius 1 is 1.38 bits per heavy atom. The van der Waals surface area contributed by atoms with Gasteiger partial charge in [-0.1, -0.05) is 13.3 Å². The van der Waals surface area contributed by atoms with Crippen molar-refractivity contribution in [1.82, 2.24) is 4.98 Å². The Kier molecular flexibility index (Phi) is 5.21. The van der Waals surface area contributed by atoms with Crippen LogP contribution in [0.5, 0.6) is 5.75 Å². The molecule has 1 aliphatic heterocycles. The number of hydrogen-bond acceptors (Lipinski definition) is 6. The molecule has 2 aromatic rings. The zero-order valence-corrected chi connectivity index (χ0v) is 15.3. The van der Waals surface area contributed by atoms with E-state index in [2.05, 4.69) is 9.98 Å². The number of Topliss-reactive ketones (excluding diaryl/α,β-unsaturated/α-hetero) is 1. The molecule has 136 valence electrons. The number of furan rings is 1. The largest absolute Gasteiger partial charge is 0.504 e. The van der Waals surface area contributed by atoms with Gasteiger partial charge in [-0.15, -0.1) is 0 Å². The van der Waals surface area contributed by atoms with E-state index in [1.165, 1.54) is 0 Å². The highest BCUT2D eigenvalue weighted by Gasteiger charge is 2.27. The van der Waals surface area contributed by atoms with Crippen LogP contribution < -0.4 is 4.90 Å². The number of pyridine rings is 1. The lowest BCUT2D eigenvalue weighted by molar-refractivity contribution is 0.0977. The summed E-state index contributed by atoms with van der Waals surface area (Å²) in [5.74, 6) is 1.09. The summed E-state index contributed by atoms with van der Waals surface area (Å²) >= 11 is 0. The van der Waals surface area contributed by atoms with Crippen molar-refractivity contribution >= 4 is 35.3 Å². The molecule has 0 fully saturated rings. The molecule has 26 heavy (non-hydrogen) atoms. The number of nitrogens with zero attached hydrogens (tertiary/aromatic N) is 3. The van der Waals surface area contributed by atoms with Gasteiger partial charge in [0.05, 0.1) is 0 Å². The maximum atomic E-state index is 12.6. The van der Waals surface area contributed by atoms with E-state index in [9.17, 15) is 9.90 Å². The van der Waals surface area contributed by atoms with Crippen LogP contribution >= 0.6 is 0 Å². The van der Waals surface area contributed by atoms with Crippen molar-refractivity contribution in [3.05, 3.63) is 35.2 Å². The summed E-state index contributed by atoms with van der Waals surface area (Å²) in [6, 6.07) is 3.74. The van der Waals surface area contributed by atoms with Crippen LogP contribution in [0, 0.1) is 0 Å². The molecule has 6 heteroatoms. The highest BCUT2D eigenvalue weighted by Crippen LogP contribution is 2.39. The number of anilines is 1. The second-order valence-corrected chi connectivity index (χ2v) is 6.27. The van der Waals surface area contributed by atoms with Crippen LogP contribution in [0.25, 0.3) is 11.6 Å². The number of aromatic nitrogens is 1. The van der Waals surface area contributed by atoms with Gasteiger partial charge in [-0.05, 0) is 31.6 Å². The standard InChI is InChI=1S/C20H23N3O3/c1-4-6-9-15(24)17-18(25)16(26-20(17)23(3)5-2)11-13-12-22-19-14(13)8-7-10-21-19/h7-8,10-12,25H,4-6,9H2,1-3H3. The molecule has 0 saturated carbocycles. The van der Waals surface area contributed by atoms with Gasteiger partial charge in [-0.2, -0.15) is 0 Å². The second kappa shape index (κ2) is 7.56. The van der Waals surface area contributed by atoms with Gasteiger partial charge in [0.15, 0.2) is 23.1 Å². The van der Waals surface area contributed by atoms with Crippen molar-refractivity contribution < 1.29 is 14.3 Å². The lowest BCUT2D eigenvalue weighted by Gasteiger charge is -2.14.